The molecule has 0 aliphatic carbocycles. The number of hydrogen-bond acceptors (Lipinski definition) is 2. The monoisotopic (exact) mass is 301 g/mol. The summed E-state index contributed by atoms with van der Waals surface area (Å²) in [6.07, 6.45) is 0. The fourth-order valence-corrected chi connectivity index (χ4v) is 3.07. The zero-order valence-electron chi connectivity index (χ0n) is 11.6. The summed E-state index contributed by atoms with van der Waals surface area (Å²) in [5, 5.41) is 9.48. The van der Waals surface area contributed by atoms with Gasteiger partial charge < -0.3 is 0 Å². The van der Waals surface area contributed by atoms with Crippen LogP contribution in [0.2, 0.25) is 5.02 Å². The largest absolute Gasteiger partial charge is 0.192 e. The van der Waals surface area contributed by atoms with E-state index in [0.717, 1.165) is 11.3 Å². The molecule has 0 bridgehead atoms. The molecule has 2 rings (SSSR count). The van der Waals surface area contributed by atoms with Crippen LogP contribution >= 0.6 is 23.4 Å². The van der Waals surface area contributed by atoms with E-state index in [1.165, 1.54) is 10.5 Å². The molecule has 0 saturated carbocycles. The van der Waals surface area contributed by atoms with Crippen LogP contribution in [0.3, 0.4) is 0 Å². The van der Waals surface area contributed by atoms with Crippen LogP contribution in [0.1, 0.15) is 36.5 Å². The number of halogens is 1. The van der Waals surface area contributed by atoms with Crippen LogP contribution in [0.25, 0.3) is 0 Å². The van der Waals surface area contributed by atoms with Crippen molar-refractivity contribution in [3.63, 3.8) is 0 Å². The highest BCUT2D eigenvalue weighted by Gasteiger charge is 2.04. The second-order valence-electron chi connectivity index (χ2n) is 4.93. The Morgan fingerprint density at radius 3 is 2.40 bits per heavy atom. The summed E-state index contributed by atoms with van der Waals surface area (Å²) >= 11 is 7.93. The van der Waals surface area contributed by atoms with Crippen LogP contribution in [-0.4, -0.2) is 0 Å². The summed E-state index contributed by atoms with van der Waals surface area (Å²) in [5.41, 5.74) is 3.01. The van der Waals surface area contributed by atoms with Crippen molar-refractivity contribution in [1.82, 2.24) is 0 Å². The summed E-state index contributed by atoms with van der Waals surface area (Å²) in [6, 6.07) is 16.2. The molecule has 0 saturated heterocycles. The lowest BCUT2D eigenvalue weighted by molar-refractivity contribution is 0.865. The Balaban J connectivity index is 2.03. The maximum atomic E-state index is 8.82. The van der Waals surface area contributed by atoms with Crippen molar-refractivity contribution >= 4 is 23.4 Å². The molecule has 20 heavy (non-hydrogen) atoms. The first-order valence-electron chi connectivity index (χ1n) is 6.51. The highest BCUT2D eigenvalue weighted by Crippen LogP contribution is 2.28. The summed E-state index contributed by atoms with van der Waals surface area (Å²) in [4.78, 5) is 1.23. The standard InChI is InChI=1S/C17H16ClNS/c1-12(2)14-5-7-16(8-6-14)20-11-15-4-3-13(10-19)9-17(15)18/h3-9,12H,11H2,1-2H3. The van der Waals surface area contributed by atoms with Crippen molar-refractivity contribution < 1.29 is 0 Å². The maximum Gasteiger partial charge on any atom is 0.0992 e. The van der Waals surface area contributed by atoms with Gasteiger partial charge in [-0.25, -0.2) is 0 Å². The summed E-state index contributed by atoms with van der Waals surface area (Å²) in [6.45, 7) is 4.39. The van der Waals surface area contributed by atoms with Gasteiger partial charge in [-0.2, -0.15) is 5.26 Å². The normalized spacial score (nSPS) is 10.6. The number of rotatable bonds is 4. The van der Waals surface area contributed by atoms with Gasteiger partial charge in [-0.1, -0.05) is 43.6 Å². The second-order valence-corrected chi connectivity index (χ2v) is 6.39. The minimum Gasteiger partial charge on any atom is -0.192 e. The Kier molecular flexibility index (Phi) is 5.11. The molecule has 0 aliphatic rings. The molecule has 0 atom stereocenters. The summed E-state index contributed by atoms with van der Waals surface area (Å²) in [5.74, 6) is 1.37. The van der Waals surface area contributed by atoms with E-state index < -0.39 is 0 Å². The second kappa shape index (κ2) is 6.83. The van der Waals surface area contributed by atoms with Crippen LogP contribution in [0, 0.1) is 11.3 Å². The molecule has 0 unspecified atom stereocenters. The number of thioether (sulfide) groups is 1. The third kappa shape index (κ3) is 3.79. The Labute approximate surface area is 129 Å². The summed E-state index contributed by atoms with van der Waals surface area (Å²) < 4.78 is 0. The molecule has 3 heteroatoms. The molecule has 0 aromatic heterocycles. The molecular formula is C17H16ClNS. The molecule has 0 fully saturated rings. The first-order chi connectivity index (χ1) is 9.60. The first-order valence-corrected chi connectivity index (χ1v) is 7.88. The van der Waals surface area contributed by atoms with Gasteiger partial charge in [0.25, 0.3) is 0 Å². The molecule has 0 aliphatic heterocycles. The predicted molar refractivity (Wildman–Crippen MR) is 86.3 cm³/mol. The van der Waals surface area contributed by atoms with Crippen molar-refractivity contribution in [2.45, 2.75) is 30.4 Å². The van der Waals surface area contributed by atoms with Crippen molar-refractivity contribution in [3.05, 3.63) is 64.2 Å². The zero-order valence-corrected chi connectivity index (χ0v) is 13.1. The van der Waals surface area contributed by atoms with Gasteiger partial charge in [0.1, 0.15) is 0 Å². The SMILES string of the molecule is CC(C)c1ccc(SCc2ccc(C#N)cc2Cl)cc1. The van der Waals surface area contributed by atoms with E-state index in [9.17, 15) is 0 Å². The Hall–Kier alpha value is -1.43. The molecule has 0 spiro atoms. The van der Waals surface area contributed by atoms with Gasteiger partial charge in [0.05, 0.1) is 11.6 Å². The fourth-order valence-electron chi connectivity index (χ4n) is 1.84. The van der Waals surface area contributed by atoms with Gasteiger partial charge in [-0.3, -0.25) is 0 Å². The van der Waals surface area contributed by atoms with Crippen molar-refractivity contribution in [2.24, 2.45) is 0 Å². The van der Waals surface area contributed by atoms with Crippen LogP contribution in [0.4, 0.5) is 0 Å². The molecule has 1 nitrogen and oxygen atoms in total. The molecular weight excluding hydrogens is 286 g/mol. The number of nitrogens with zero attached hydrogens (tertiary/aromatic N) is 1. The van der Waals surface area contributed by atoms with Crippen molar-refractivity contribution in [1.29, 1.82) is 5.26 Å². The molecule has 2 aromatic rings. The van der Waals surface area contributed by atoms with E-state index in [1.807, 2.05) is 12.1 Å². The van der Waals surface area contributed by atoms with E-state index in [-0.39, 0.29) is 0 Å². The summed E-state index contributed by atoms with van der Waals surface area (Å²) in [7, 11) is 0. The highest BCUT2D eigenvalue weighted by molar-refractivity contribution is 7.98. The van der Waals surface area contributed by atoms with E-state index in [0.29, 0.717) is 16.5 Å². The third-order valence-corrected chi connectivity index (χ3v) is 4.54. The van der Waals surface area contributed by atoms with Crippen LogP contribution in [0.5, 0.6) is 0 Å². The average molecular weight is 302 g/mol. The minimum absolute atomic E-state index is 0.557. The number of hydrogen-bond donors (Lipinski definition) is 0. The van der Waals surface area contributed by atoms with E-state index in [2.05, 4.69) is 44.2 Å². The van der Waals surface area contributed by atoms with Gasteiger partial charge in [0.15, 0.2) is 0 Å². The topological polar surface area (TPSA) is 23.8 Å². The zero-order chi connectivity index (χ0) is 14.5. The van der Waals surface area contributed by atoms with Crippen molar-refractivity contribution in [3.8, 4) is 6.07 Å². The highest BCUT2D eigenvalue weighted by atomic mass is 35.5. The molecule has 0 radical (unpaired) electrons. The van der Waals surface area contributed by atoms with Crippen LogP contribution in [-0.2, 0) is 5.75 Å². The Bertz CT molecular complexity index is 626. The molecule has 0 N–H and O–H groups in total. The predicted octanol–water partition coefficient (Wildman–Crippen LogP) is 5.63. The number of nitriles is 1. The first kappa shape index (κ1) is 15.0. The smallest absolute Gasteiger partial charge is 0.0992 e. The average Bonchev–Trinajstić information content (AvgIpc) is 2.46. The maximum absolute atomic E-state index is 8.82. The van der Waals surface area contributed by atoms with Gasteiger partial charge >= 0.3 is 0 Å². The molecule has 102 valence electrons. The van der Waals surface area contributed by atoms with E-state index in [4.69, 9.17) is 16.9 Å². The molecule has 0 heterocycles. The third-order valence-electron chi connectivity index (χ3n) is 3.12. The van der Waals surface area contributed by atoms with E-state index in [1.54, 1.807) is 17.8 Å². The Morgan fingerprint density at radius 2 is 1.85 bits per heavy atom. The molecule has 0 amide bonds. The van der Waals surface area contributed by atoms with Gasteiger partial charge in [-0.05, 0) is 41.3 Å². The van der Waals surface area contributed by atoms with Crippen LogP contribution < -0.4 is 0 Å². The van der Waals surface area contributed by atoms with E-state index >= 15 is 0 Å². The van der Waals surface area contributed by atoms with Crippen molar-refractivity contribution in [2.75, 3.05) is 0 Å². The van der Waals surface area contributed by atoms with Gasteiger partial charge in [-0.15, -0.1) is 11.8 Å². The number of benzene rings is 2. The quantitative estimate of drug-likeness (QED) is 0.684. The van der Waals surface area contributed by atoms with Crippen LogP contribution in [0.15, 0.2) is 47.4 Å². The fraction of sp³-hybridized carbons (Fsp3) is 0.235. The van der Waals surface area contributed by atoms with Gasteiger partial charge in [0, 0.05) is 15.7 Å². The lowest BCUT2D eigenvalue weighted by Crippen LogP contribution is -1.87. The lowest BCUT2D eigenvalue weighted by Gasteiger charge is -2.07. The van der Waals surface area contributed by atoms with Gasteiger partial charge in [0.2, 0.25) is 0 Å². The Morgan fingerprint density at radius 1 is 1.15 bits per heavy atom. The minimum atomic E-state index is 0.557. The lowest BCUT2D eigenvalue weighted by atomic mass is 10.0. The molecule has 2 aromatic carbocycles.